The van der Waals surface area contributed by atoms with Crippen LogP contribution in [-0.2, 0) is 9.47 Å². The summed E-state index contributed by atoms with van der Waals surface area (Å²) in [6, 6.07) is 1.32. The monoisotopic (exact) mass is 383 g/mol. The predicted molar refractivity (Wildman–Crippen MR) is 52.6 cm³/mol. The Morgan fingerprint density at radius 3 is 1.62 bits per heavy atom. The maximum Gasteiger partial charge on any atom is 0.458 e. The molecule has 0 spiro atoms. The second-order valence-electron chi connectivity index (χ2n) is 4.31. The van der Waals surface area contributed by atoms with Gasteiger partial charge in [-0.15, -0.1) is 0 Å². The number of halogens is 11. The summed E-state index contributed by atoms with van der Waals surface area (Å²) in [6.45, 7) is -0.356. The van der Waals surface area contributed by atoms with Gasteiger partial charge in [-0.05, 0) is 6.92 Å². The first-order valence-electron chi connectivity index (χ1n) is 5.70. The van der Waals surface area contributed by atoms with Gasteiger partial charge in [0.25, 0.3) is 0 Å². The zero-order chi connectivity index (χ0) is 19.6. The summed E-state index contributed by atoms with van der Waals surface area (Å²) >= 11 is 0. The summed E-state index contributed by atoms with van der Waals surface area (Å²) in [6.07, 6.45) is -24.2. The van der Waals surface area contributed by atoms with E-state index in [1.54, 1.807) is 0 Å². The highest BCUT2D eigenvalue weighted by Gasteiger charge is 2.79. The van der Waals surface area contributed by atoms with Crippen LogP contribution < -0.4 is 0 Å². The lowest BCUT2D eigenvalue weighted by Crippen LogP contribution is -2.61. The predicted octanol–water partition coefficient (Wildman–Crippen LogP) is 4.34. The normalized spacial score (nSPS) is 16.0. The average Bonchev–Trinajstić information content (AvgIpc) is 2.34. The van der Waals surface area contributed by atoms with Gasteiger partial charge in [-0.2, -0.15) is 53.6 Å². The summed E-state index contributed by atoms with van der Waals surface area (Å²) in [4.78, 5) is 0. The van der Waals surface area contributed by atoms with Crippen LogP contribution in [0.4, 0.5) is 48.3 Å². The molecule has 3 nitrogen and oxygen atoms in total. The summed E-state index contributed by atoms with van der Waals surface area (Å²) in [7, 11) is 0. The molecule has 0 radical (unpaired) electrons. The van der Waals surface area contributed by atoms with Crippen molar-refractivity contribution in [3.05, 3.63) is 0 Å². The van der Waals surface area contributed by atoms with Crippen molar-refractivity contribution in [1.29, 1.82) is 5.26 Å². The lowest BCUT2D eigenvalue weighted by Gasteiger charge is -2.35. The van der Waals surface area contributed by atoms with Gasteiger partial charge < -0.3 is 4.74 Å². The van der Waals surface area contributed by atoms with Crippen molar-refractivity contribution in [3.63, 3.8) is 0 Å². The third kappa shape index (κ3) is 4.82. The first-order chi connectivity index (χ1) is 10.4. The second-order valence-corrected chi connectivity index (χ2v) is 4.31. The van der Waals surface area contributed by atoms with Crippen LogP contribution in [0.1, 0.15) is 13.3 Å². The molecule has 0 aromatic rings. The summed E-state index contributed by atoms with van der Waals surface area (Å²) < 4.78 is 144. The number of nitrogens with zero attached hydrogens (tertiary/aromatic N) is 1. The number of hydrogen-bond donors (Lipinski definition) is 0. The Bertz CT molecular complexity index is 451. The van der Waals surface area contributed by atoms with E-state index in [4.69, 9.17) is 5.26 Å². The van der Waals surface area contributed by atoms with E-state index in [1.807, 2.05) is 4.74 Å². The number of rotatable bonds is 7. The van der Waals surface area contributed by atoms with Gasteiger partial charge in [-0.3, -0.25) is 4.74 Å². The molecule has 0 rings (SSSR count). The van der Waals surface area contributed by atoms with E-state index in [0.717, 1.165) is 6.92 Å². The molecule has 0 amide bonds. The Morgan fingerprint density at radius 2 is 1.29 bits per heavy atom. The van der Waals surface area contributed by atoms with Crippen molar-refractivity contribution >= 4 is 0 Å². The van der Waals surface area contributed by atoms with E-state index < -0.39 is 49.4 Å². The van der Waals surface area contributed by atoms with E-state index in [9.17, 15) is 48.3 Å². The summed E-state index contributed by atoms with van der Waals surface area (Å²) in [5, 5.41) is 8.22. The fourth-order valence-electron chi connectivity index (χ4n) is 1.07. The zero-order valence-electron chi connectivity index (χ0n) is 11.4. The molecule has 142 valence electrons. The molecule has 1 unspecified atom stereocenters. The summed E-state index contributed by atoms with van der Waals surface area (Å²) in [5.74, 6) is -12.7. The van der Waals surface area contributed by atoms with Gasteiger partial charge in [0.15, 0.2) is 0 Å². The maximum atomic E-state index is 13.1. The number of ether oxygens (including phenoxy) is 2. The van der Waals surface area contributed by atoms with E-state index in [0.29, 0.717) is 0 Å². The van der Waals surface area contributed by atoms with E-state index in [1.165, 1.54) is 6.07 Å². The standard InChI is InChI=1S/C10H8F11NO2/c1-5(4-22)23-3-2-6(11,12)10(20,21)24-7(13,8(14,15)16)9(17,18)19/h5H,2-3H2,1H3. The van der Waals surface area contributed by atoms with Gasteiger partial charge in [0.1, 0.15) is 6.10 Å². The fraction of sp³-hybridized carbons (Fsp3) is 0.900. The minimum absolute atomic E-state index is 0.993. The lowest BCUT2D eigenvalue weighted by atomic mass is 10.2. The quantitative estimate of drug-likeness (QED) is 0.615. The van der Waals surface area contributed by atoms with E-state index >= 15 is 0 Å². The molecule has 24 heavy (non-hydrogen) atoms. The molecule has 0 N–H and O–H groups in total. The van der Waals surface area contributed by atoms with Crippen molar-refractivity contribution in [2.45, 2.75) is 49.7 Å². The third-order valence-corrected chi connectivity index (χ3v) is 2.39. The minimum Gasteiger partial charge on any atom is -0.363 e. The molecule has 0 bridgehead atoms. The van der Waals surface area contributed by atoms with Gasteiger partial charge >= 0.3 is 30.2 Å². The van der Waals surface area contributed by atoms with Crippen molar-refractivity contribution in [3.8, 4) is 6.07 Å². The molecule has 0 aliphatic carbocycles. The van der Waals surface area contributed by atoms with Crippen LogP contribution in [0.25, 0.3) is 0 Å². The second kappa shape index (κ2) is 6.87. The molecule has 0 aliphatic heterocycles. The highest BCUT2D eigenvalue weighted by atomic mass is 19.4. The largest absolute Gasteiger partial charge is 0.458 e. The SMILES string of the molecule is CC(C#N)OCCC(F)(F)C(F)(F)OC(F)(C(F)(F)F)C(F)(F)F. The molecule has 14 heteroatoms. The highest BCUT2D eigenvalue weighted by molar-refractivity contribution is 4.90. The molecule has 0 aromatic carbocycles. The first kappa shape index (κ1) is 22.6. The molecular formula is C10H8F11NO2. The molecule has 0 aliphatic rings. The van der Waals surface area contributed by atoms with Gasteiger partial charge in [0.05, 0.1) is 12.7 Å². The van der Waals surface area contributed by atoms with Crippen molar-refractivity contribution in [2.24, 2.45) is 0 Å². The van der Waals surface area contributed by atoms with Crippen LogP contribution in [0, 0.1) is 11.3 Å². The van der Waals surface area contributed by atoms with E-state index in [-0.39, 0.29) is 0 Å². The van der Waals surface area contributed by atoms with Crippen LogP contribution in [0.5, 0.6) is 0 Å². The van der Waals surface area contributed by atoms with Crippen LogP contribution in [-0.4, -0.2) is 42.9 Å². The Labute approximate surface area is 126 Å². The number of hydrogen-bond acceptors (Lipinski definition) is 3. The van der Waals surface area contributed by atoms with Crippen LogP contribution in [0.2, 0.25) is 0 Å². The van der Waals surface area contributed by atoms with Crippen molar-refractivity contribution in [1.82, 2.24) is 0 Å². The van der Waals surface area contributed by atoms with Crippen LogP contribution in [0.15, 0.2) is 0 Å². The average molecular weight is 383 g/mol. The van der Waals surface area contributed by atoms with Crippen LogP contribution in [0.3, 0.4) is 0 Å². The fourth-order valence-corrected chi connectivity index (χ4v) is 1.07. The van der Waals surface area contributed by atoms with Crippen molar-refractivity contribution < 1.29 is 57.8 Å². The number of nitriles is 1. The molecule has 0 fully saturated rings. The molecular weight excluding hydrogens is 375 g/mol. The Morgan fingerprint density at radius 1 is 0.875 bits per heavy atom. The molecule has 0 heterocycles. The van der Waals surface area contributed by atoms with Gasteiger partial charge in [-0.25, -0.2) is 0 Å². The Balaban J connectivity index is 5.38. The van der Waals surface area contributed by atoms with E-state index in [2.05, 4.69) is 4.74 Å². The third-order valence-electron chi connectivity index (χ3n) is 2.39. The zero-order valence-corrected chi connectivity index (χ0v) is 11.4. The Kier molecular flexibility index (Phi) is 6.48. The molecule has 1 atom stereocenters. The summed E-state index contributed by atoms with van der Waals surface area (Å²) in [5.41, 5.74) is 0. The van der Waals surface area contributed by atoms with Gasteiger partial charge in [0, 0.05) is 6.42 Å². The smallest absolute Gasteiger partial charge is 0.363 e. The van der Waals surface area contributed by atoms with Gasteiger partial charge in [-0.1, -0.05) is 0 Å². The first-order valence-corrected chi connectivity index (χ1v) is 5.70. The minimum atomic E-state index is -7.10. The van der Waals surface area contributed by atoms with Gasteiger partial charge in [0.2, 0.25) is 0 Å². The maximum absolute atomic E-state index is 13.1. The van der Waals surface area contributed by atoms with Crippen molar-refractivity contribution in [2.75, 3.05) is 6.61 Å². The lowest BCUT2D eigenvalue weighted by molar-refractivity contribution is -0.503. The molecule has 0 aromatic heterocycles. The van der Waals surface area contributed by atoms with Crippen LogP contribution >= 0.6 is 0 Å². The number of alkyl halides is 11. The topological polar surface area (TPSA) is 42.2 Å². The molecule has 0 saturated heterocycles. The molecule has 0 saturated carbocycles. The Hall–Kier alpha value is -1.36. The highest BCUT2D eigenvalue weighted by Crippen LogP contribution is 2.52.